The van der Waals surface area contributed by atoms with Crippen LogP contribution < -0.4 is 11.1 Å². The van der Waals surface area contributed by atoms with Crippen molar-refractivity contribution in [2.75, 3.05) is 17.6 Å². The van der Waals surface area contributed by atoms with Gasteiger partial charge in [0, 0.05) is 17.9 Å². The number of benzene rings is 1. The van der Waals surface area contributed by atoms with Gasteiger partial charge in [0.05, 0.1) is 5.56 Å². The second-order valence-corrected chi connectivity index (χ2v) is 3.08. The average molecular weight is 194 g/mol. The van der Waals surface area contributed by atoms with Crippen LogP contribution in [-0.2, 0) is 0 Å². The van der Waals surface area contributed by atoms with Gasteiger partial charge in [0.1, 0.15) is 0 Å². The van der Waals surface area contributed by atoms with Crippen LogP contribution in [0.3, 0.4) is 0 Å². The quantitative estimate of drug-likeness (QED) is 0.639. The van der Waals surface area contributed by atoms with E-state index in [1.807, 2.05) is 6.92 Å². The van der Waals surface area contributed by atoms with Crippen LogP contribution in [0.1, 0.15) is 23.7 Å². The molecule has 4 heteroatoms. The minimum Gasteiger partial charge on any atom is -0.478 e. The van der Waals surface area contributed by atoms with E-state index in [9.17, 15) is 4.79 Å². The molecule has 1 aromatic carbocycles. The standard InChI is InChI=1S/C10H14N2O2/c1-2-3-12-9-5-7(10(13)14)4-8(11)6-9/h4-6,12H,2-3,11H2,1H3,(H,13,14). The van der Waals surface area contributed by atoms with Gasteiger partial charge in [-0.05, 0) is 24.6 Å². The van der Waals surface area contributed by atoms with Crippen molar-refractivity contribution in [3.63, 3.8) is 0 Å². The summed E-state index contributed by atoms with van der Waals surface area (Å²) >= 11 is 0. The number of hydrogen-bond donors (Lipinski definition) is 3. The molecule has 0 amide bonds. The minimum absolute atomic E-state index is 0.212. The number of carboxylic acids is 1. The molecule has 4 N–H and O–H groups in total. The molecule has 14 heavy (non-hydrogen) atoms. The molecule has 0 heterocycles. The normalized spacial score (nSPS) is 9.79. The van der Waals surface area contributed by atoms with E-state index < -0.39 is 5.97 Å². The van der Waals surface area contributed by atoms with E-state index in [1.165, 1.54) is 6.07 Å². The summed E-state index contributed by atoms with van der Waals surface area (Å²) in [6, 6.07) is 4.75. The Morgan fingerprint density at radius 2 is 2.21 bits per heavy atom. The van der Waals surface area contributed by atoms with Crippen LogP contribution in [0.5, 0.6) is 0 Å². The molecule has 1 aromatic rings. The molecule has 0 spiro atoms. The molecule has 0 radical (unpaired) electrons. The number of nitrogens with two attached hydrogens (primary N) is 1. The molecule has 76 valence electrons. The highest BCUT2D eigenvalue weighted by Gasteiger charge is 2.04. The molecule has 0 saturated heterocycles. The number of carboxylic acid groups (broad SMARTS) is 1. The highest BCUT2D eigenvalue weighted by molar-refractivity contribution is 5.90. The van der Waals surface area contributed by atoms with Crippen molar-refractivity contribution >= 4 is 17.3 Å². The van der Waals surface area contributed by atoms with Gasteiger partial charge in [-0.15, -0.1) is 0 Å². The second-order valence-electron chi connectivity index (χ2n) is 3.08. The van der Waals surface area contributed by atoms with Gasteiger partial charge in [0.25, 0.3) is 0 Å². The number of aromatic carboxylic acids is 1. The molecule has 0 unspecified atom stereocenters. The lowest BCUT2D eigenvalue weighted by atomic mass is 10.1. The number of anilines is 2. The molecule has 0 bridgehead atoms. The fraction of sp³-hybridized carbons (Fsp3) is 0.300. The third kappa shape index (κ3) is 2.65. The smallest absolute Gasteiger partial charge is 0.335 e. The Bertz CT molecular complexity index is 337. The van der Waals surface area contributed by atoms with E-state index in [2.05, 4.69) is 5.32 Å². The second kappa shape index (κ2) is 4.50. The summed E-state index contributed by atoms with van der Waals surface area (Å²) in [6.45, 7) is 2.85. The van der Waals surface area contributed by atoms with E-state index in [0.29, 0.717) is 5.69 Å². The summed E-state index contributed by atoms with van der Waals surface area (Å²) in [5, 5.41) is 11.9. The molecule has 4 nitrogen and oxygen atoms in total. The van der Waals surface area contributed by atoms with E-state index in [0.717, 1.165) is 18.7 Å². The Morgan fingerprint density at radius 3 is 2.79 bits per heavy atom. The number of rotatable bonds is 4. The topological polar surface area (TPSA) is 75.3 Å². The van der Waals surface area contributed by atoms with Crippen molar-refractivity contribution in [3.05, 3.63) is 23.8 Å². The summed E-state index contributed by atoms with van der Waals surface area (Å²) in [7, 11) is 0. The Labute approximate surface area is 82.7 Å². The largest absolute Gasteiger partial charge is 0.478 e. The molecule has 0 saturated carbocycles. The lowest BCUT2D eigenvalue weighted by Crippen LogP contribution is -2.04. The molecule has 0 aliphatic carbocycles. The van der Waals surface area contributed by atoms with Crippen molar-refractivity contribution in [1.29, 1.82) is 0 Å². The Morgan fingerprint density at radius 1 is 1.50 bits per heavy atom. The van der Waals surface area contributed by atoms with Crippen LogP contribution in [0.2, 0.25) is 0 Å². The van der Waals surface area contributed by atoms with Gasteiger partial charge < -0.3 is 16.2 Å². The first-order valence-electron chi connectivity index (χ1n) is 4.51. The summed E-state index contributed by atoms with van der Waals surface area (Å²) in [4.78, 5) is 10.7. The number of nitrogens with one attached hydrogen (secondary N) is 1. The zero-order valence-corrected chi connectivity index (χ0v) is 8.08. The first-order chi connectivity index (χ1) is 6.63. The molecular formula is C10H14N2O2. The Kier molecular flexibility index (Phi) is 3.34. The van der Waals surface area contributed by atoms with Crippen LogP contribution >= 0.6 is 0 Å². The predicted octanol–water partition coefficient (Wildman–Crippen LogP) is 1.79. The fourth-order valence-corrected chi connectivity index (χ4v) is 1.15. The average Bonchev–Trinajstić information content (AvgIpc) is 2.14. The van der Waals surface area contributed by atoms with Gasteiger partial charge in [-0.3, -0.25) is 0 Å². The SMILES string of the molecule is CCCNc1cc(N)cc(C(=O)O)c1. The Hall–Kier alpha value is -1.71. The van der Waals surface area contributed by atoms with Gasteiger partial charge in [-0.25, -0.2) is 4.79 Å². The van der Waals surface area contributed by atoms with Crippen molar-refractivity contribution in [2.24, 2.45) is 0 Å². The van der Waals surface area contributed by atoms with Gasteiger partial charge >= 0.3 is 5.97 Å². The van der Waals surface area contributed by atoms with Crippen LogP contribution in [0.4, 0.5) is 11.4 Å². The van der Waals surface area contributed by atoms with Gasteiger partial charge in [0.15, 0.2) is 0 Å². The minimum atomic E-state index is -0.961. The highest BCUT2D eigenvalue weighted by Crippen LogP contribution is 2.16. The van der Waals surface area contributed by atoms with Crippen molar-refractivity contribution in [3.8, 4) is 0 Å². The third-order valence-electron chi connectivity index (χ3n) is 1.78. The van der Waals surface area contributed by atoms with E-state index in [1.54, 1.807) is 12.1 Å². The van der Waals surface area contributed by atoms with Gasteiger partial charge in [-0.1, -0.05) is 6.92 Å². The number of nitrogen functional groups attached to an aromatic ring is 1. The van der Waals surface area contributed by atoms with Crippen LogP contribution in [0.15, 0.2) is 18.2 Å². The van der Waals surface area contributed by atoms with E-state index in [-0.39, 0.29) is 5.56 Å². The molecule has 0 aliphatic heterocycles. The maximum absolute atomic E-state index is 10.7. The predicted molar refractivity (Wildman–Crippen MR) is 56.6 cm³/mol. The monoisotopic (exact) mass is 194 g/mol. The summed E-state index contributed by atoms with van der Waals surface area (Å²) in [5.41, 5.74) is 6.99. The molecule has 0 atom stereocenters. The number of hydrogen-bond acceptors (Lipinski definition) is 3. The maximum atomic E-state index is 10.7. The van der Waals surface area contributed by atoms with Gasteiger partial charge in [0.2, 0.25) is 0 Å². The lowest BCUT2D eigenvalue weighted by molar-refractivity contribution is 0.0697. The van der Waals surface area contributed by atoms with E-state index >= 15 is 0 Å². The summed E-state index contributed by atoms with van der Waals surface area (Å²) < 4.78 is 0. The highest BCUT2D eigenvalue weighted by atomic mass is 16.4. The zero-order valence-electron chi connectivity index (χ0n) is 8.08. The third-order valence-corrected chi connectivity index (χ3v) is 1.78. The maximum Gasteiger partial charge on any atom is 0.335 e. The van der Waals surface area contributed by atoms with Crippen molar-refractivity contribution in [2.45, 2.75) is 13.3 Å². The van der Waals surface area contributed by atoms with Crippen LogP contribution in [-0.4, -0.2) is 17.6 Å². The zero-order chi connectivity index (χ0) is 10.6. The van der Waals surface area contributed by atoms with Crippen LogP contribution in [0.25, 0.3) is 0 Å². The fourth-order valence-electron chi connectivity index (χ4n) is 1.15. The summed E-state index contributed by atoms with van der Waals surface area (Å²) in [5.74, 6) is -0.961. The Balaban J connectivity index is 2.89. The van der Waals surface area contributed by atoms with Crippen molar-refractivity contribution in [1.82, 2.24) is 0 Å². The first kappa shape index (κ1) is 10.4. The molecule has 0 fully saturated rings. The van der Waals surface area contributed by atoms with E-state index in [4.69, 9.17) is 10.8 Å². The lowest BCUT2D eigenvalue weighted by Gasteiger charge is -2.06. The molecule has 1 rings (SSSR count). The first-order valence-corrected chi connectivity index (χ1v) is 4.51. The van der Waals surface area contributed by atoms with Crippen molar-refractivity contribution < 1.29 is 9.90 Å². The van der Waals surface area contributed by atoms with Crippen LogP contribution in [0, 0.1) is 0 Å². The molecular weight excluding hydrogens is 180 g/mol. The molecule has 0 aliphatic rings. The number of carbonyl (C=O) groups is 1. The van der Waals surface area contributed by atoms with Gasteiger partial charge in [-0.2, -0.15) is 0 Å². The molecule has 0 aromatic heterocycles. The summed E-state index contributed by atoms with van der Waals surface area (Å²) in [6.07, 6.45) is 0.983.